The molecule has 132 valence electrons. The molecule has 1 fully saturated rings. The highest BCUT2D eigenvalue weighted by atomic mass is 16.4. The lowest BCUT2D eigenvalue weighted by atomic mass is 9.82. The van der Waals surface area contributed by atoms with E-state index in [0.29, 0.717) is 0 Å². The second kappa shape index (κ2) is 6.35. The first kappa shape index (κ1) is 17.2. The summed E-state index contributed by atoms with van der Waals surface area (Å²) in [7, 11) is 0. The van der Waals surface area contributed by atoms with E-state index in [1.807, 2.05) is 23.1 Å². The molecule has 6 heteroatoms. The standard InChI is InChI=1S/C19H23N3O3/c1-13-11-15(14-7-5-4-6-8-14)19(2,3)22(13)17(23)12-21-10-9-16(20-21)18(24)25/h4-10,13,15H,11-12H2,1-3H3,(H,24,25)/t13-,15-/m1/s1. The predicted molar refractivity (Wildman–Crippen MR) is 93.4 cm³/mol. The van der Waals surface area contributed by atoms with Crippen LogP contribution < -0.4 is 0 Å². The van der Waals surface area contributed by atoms with E-state index in [0.717, 1.165) is 6.42 Å². The predicted octanol–water partition coefficient (Wildman–Crippen LogP) is 2.76. The number of likely N-dealkylation sites (tertiary alicyclic amines) is 1. The molecule has 0 spiro atoms. The van der Waals surface area contributed by atoms with Crippen LogP contribution in [-0.2, 0) is 11.3 Å². The lowest BCUT2D eigenvalue weighted by molar-refractivity contribution is -0.137. The molecule has 1 aromatic heterocycles. The lowest BCUT2D eigenvalue weighted by Gasteiger charge is -2.38. The topological polar surface area (TPSA) is 75.4 Å². The van der Waals surface area contributed by atoms with Crippen LogP contribution in [0.3, 0.4) is 0 Å². The summed E-state index contributed by atoms with van der Waals surface area (Å²) in [6.45, 7) is 6.30. The molecule has 0 aliphatic carbocycles. The normalized spacial score (nSPS) is 22.1. The van der Waals surface area contributed by atoms with E-state index in [2.05, 4.69) is 38.0 Å². The Morgan fingerprint density at radius 1 is 1.24 bits per heavy atom. The third-order valence-electron chi connectivity index (χ3n) is 5.12. The molecular formula is C19H23N3O3. The number of rotatable bonds is 4. The van der Waals surface area contributed by atoms with E-state index < -0.39 is 5.97 Å². The van der Waals surface area contributed by atoms with Gasteiger partial charge in [0, 0.05) is 23.7 Å². The van der Waals surface area contributed by atoms with Crippen LogP contribution in [0.5, 0.6) is 0 Å². The third-order valence-corrected chi connectivity index (χ3v) is 5.12. The zero-order valence-electron chi connectivity index (χ0n) is 14.7. The molecule has 6 nitrogen and oxygen atoms in total. The van der Waals surface area contributed by atoms with Crippen molar-refractivity contribution in [3.8, 4) is 0 Å². The number of aromatic nitrogens is 2. The average Bonchev–Trinajstić information content (AvgIpc) is 3.10. The fourth-order valence-electron chi connectivity index (χ4n) is 4.05. The van der Waals surface area contributed by atoms with Crippen molar-refractivity contribution in [1.82, 2.24) is 14.7 Å². The SMILES string of the molecule is C[C@@H]1C[C@H](c2ccccc2)C(C)(C)N1C(=O)Cn1ccc(C(=O)O)n1. The Kier molecular flexibility index (Phi) is 4.37. The molecule has 0 unspecified atom stereocenters. The van der Waals surface area contributed by atoms with Crippen molar-refractivity contribution in [3.63, 3.8) is 0 Å². The summed E-state index contributed by atoms with van der Waals surface area (Å²) in [5, 5.41) is 12.9. The molecule has 2 heterocycles. The highest BCUT2D eigenvalue weighted by Crippen LogP contribution is 2.45. The van der Waals surface area contributed by atoms with Gasteiger partial charge in [0.15, 0.2) is 5.69 Å². The van der Waals surface area contributed by atoms with Crippen molar-refractivity contribution in [1.29, 1.82) is 0 Å². The van der Waals surface area contributed by atoms with E-state index in [9.17, 15) is 9.59 Å². The summed E-state index contributed by atoms with van der Waals surface area (Å²) in [4.78, 5) is 25.8. The smallest absolute Gasteiger partial charge is 0.356 e. The van der Waals surface area contributed by atoms with Gasteiger partial charge in [0.05, 0.1) is 0 Å². The quantitative estimate of drug-likeness (QED) is 0.928. The summed E-state index contributed by atoms with van der Waals surface area (Å²) in [5.41, 5.74) is 0.867. The number of carboxylic acid groups (broad SMARTS) is 1. The highest BCUT2D eigenvalue weighted by Gasteiger charge is 2.48. The van der Waals surface area contributed by atoms with E-state index in [1.165, 1.54) is 22.5 Å². The van der Waals surface area contributed by atoms with Crippen molar-refractivity contribution < 1.29 is 14.7 Å². The average molecular weight is 341 g/mol. The maximum atomic E-state index is 12.9. The highest BCUT2D eigenvalue weighted by molar-refractivity contribution is 5.85. The number of carbonyl (C=O) groups is 2. The molecule has 1 saturated heterocycles. The molecule has 1 N–H and O–H groups in total. The number of amides is 1. The summed E-state index contributed by atoms with van der Waals surface area (Å²) in [6, 6.07) is 11.8. The van der Waals surface area contributed by atoms with E-state index in [-0.39, 0.29) is 35.6 Å². The summed E-state index contributed by atoms with van der Waals surface area (Å²) >= 11 is 0. The summed E-state index contributed by atoms with van der Waals surface area (Å²) in [5.74, 6) is -0.874. The van der Waals surface area contributed by atoms with Gasteiger partial charge < -0.3 is 10.0 Å². The number of hydrogen-bond acceptors (Lipinski definition) is 3. The Hall–Kier alpha value is -2.63. The van der Waals surface area contributed by atoms with Crippen molar-refractivity contribution >= 4 is 11.9 Å². The van der Waals surface area contributed by atoms with Crippen molar-refractivity contribution in [2.75, 3.05) is 0 Å². The molecule has 1 amide bonds. The zero-order chi connectivity index (χ0) is 18.2. The minimum atomic E-state index is -1.09. The van der Waals surface area contributed by atoms with Crippen LogP contribution in [0.2, 0.25) is 0 Å². The first-order valence-corrected chi connectivity index (χ1v) is 8.44. The number of carbonyl (C=O) groups excluding carboxylic acids is 1. The van der Waals surface area contributed by atoms with Gasteiger partial charge in [0.25, 0.3) is 0 Å². The number of benzene rings is 1. The second-order valence-corrected chi connectivity index (χ2v) is 7.17. The first-order chi connectivity index (χ1) is 11.8. The van der Waals surface area contributed by atoms with Crippen molar-refractivity contribution in [2.24, 2.45) is 0 Å². The maximum absolute atomic E-state index is 12.9. The number of aromatic carboxylic acids is 1. The number of carboxylic acids is 1. The van der Waals surface area contributed by atoms with Gasteiger partial charge in [-0.2, -0.15) is 5.10 Å². The molecule has 2 atom stereocenters. The van der Waals surface area contributed by atoms with E-state index in [1.54, 1.807) is 0 Å². The lowest BCUT2D eigenvalue weighted by Crippen LogP contribution is -2.49. The van der Waals surface area contributed by atoms with Gasteiger partial charge in [0.2, 0.25) is 5.91 Å². The van der Waals surface area contributed by atoms with Gasteiger partial charge >= 0.3 is 5.97 Å². The van der Waals surface area contributed by atoms with Crippen LogP contribution >= 0.6 is 0 Å². The Labute approximate surface area is 147 Å². The molecule has 0 saturated carbocycles. The molecule has 25 heavy (non-hydrogen) atoms. The Bertz CT molecular complexity index is 782. The van der Waals surface area contributed by atoms with Gasteiger partial charge in [-0.05, 0) is 38.8 Å². The fourth-order valence-corrected chi connectivity index (χ4v) is 4.05. The molecule has 3 rings (SSSR count). The van der Waals surface area contributed by atoms with Crippen LogP contribution in [0.25, 0.3) is 0 Å². The molecule has 1 aromatic carbocycles. The first-order valence-electron chi connectivity index (χ1n) is 8.44. The Morgan fingerprint density at radius 2 is 1.92 bits per heavy atom. The largest absolute Gasteiger partial charge is 0.476 e. The van der Waals surface area contributed by atoms with Gasteiger partial charge in [-0.15, -0.1) is 0 Å². The van der Waals surface area contributed by atoms with Gasteiger partial charge in [0.1, 0.15) is 6.54 Å². The number of hydrogen-bond donors (Lipinski definition) is 1. The maximum Gasteiger partial charge on any atom is 0.356 e. The molecule has 1 aliphatic rings. The molecule has 2 aromatic rings. The van der Waals surface area contributed by atoms with Crippen LogP contribution in [-0.4, -0.2) is 43.2 Å². The Balaban J connectivity index is 1.80. The van der Waals surface area contributed by atoms with Gasteiger partial charge in [-0.1, -0.05) is 30.3 Å². The molecule has 1 aliphatic heterocycles. The molecule has 0 bridgehead atoms. The zero-order valence-corrected chi connectivity index (χ0v) is 14.7. The van der Waals surface area contributed by atoms with Gasteiger partial charge in [-0.3, -0.25) is 9.48 Å². The monoisotopic (exact) mass is 341 g/mol. The van der Waals surface area contributed by atoms with Crippen LogP contribution in [0, 0.1) is 0 Å². The van der Waals surface area contributed by atoms with Crippen LogP contribution in [0.1, 0.15) is 49.2 Å². The molecular weight excluding hydrogens is 318 g/mol. The fraction of sp³-hybridized carbons (Fsp3) is 0.421. The van der Waals surface area contributed by atoms with Gasteiger partial charge in [-0.25, -0.2) is 4.79 Å². The molecule has 0 radical (unpaired) electrons. The Morgan fingerprint density at radius 3 is 2.52 bits per heavy atom. The van der Waals surface area contributed by atoms with Crippen LogP contribution in [0.15, 0.2) is 42.6 Å². The summed E-state index contributed by atoms with van der Waals surface area (Å²) in [6.07, 6.45) is 2.44. The third kappa shape index (κ3) is 3.16. The summed E-state index contributed by atoms with van der Waals surface area (Å²) < 4.78 is 1.39. The number of nitrogens with zero attached hydrogens (tertiary/aromatic N) is 3. The van der Waals surface area contributed by atoms with Crippen molar-refractivity contribution in [2.45, 2.75) is 51.2 Å². The van der Waals surface area contributed by atoms with E-state index >= 15 is 0 Å². The van der Waals surface area contributed by atoms with Crippen LogP contribution in [0.4, 0.5) is 0 Å². The second-order valence-electron chi connectivity index (χ2n) is 7.17. The van der Waals surface area contributed by atoms with E-state index in [4.69, 9.17) is 5.11 Å². The van der Waals surface area contributed by atoms with Crippen molar-refractivity contribution in [3.05, 3.63) is 53.9 Å². The minimum absolute atomic E-state index is 0.0442. The minimum Gasteiger partial charge on any atom is -0.476 e.